The molecule has 2 fully saturated rings. The first kappa shape index (κ1) is 24.6. The molecule has 3 rings (SSSR count). The SMILES string of the molecule is CC1CC1.CCC1(OCCCO)CCC(=O)C[C@]1(CCN)c1c(C)ccc(O)c1O. The summed E-state index contributed by atoms with van der Waals surface area (Å²) >= 11 is 0. The average Bonchev–Trinajstić information content (AvgIpc) is 3.50. The second-order valence-electron chi connectivity index (χ2n) is 8.92. The van der Waals surface area contributed by atoms with Gasteiger partial charge in [-0.2, -0.15) is 0 Å². The third kappa shape index (κ3) is 5.16. The molecule has 1 unspecified atom stereocenters. The Morgan fingerprint density at radius 3 is 2.47 bits per heavy atom. The van der Waals surface area contributed by atoms with Crippen molar-refractivity contribution in [3.63, 3.8) is 0 Å². The molecule has 0 amide bonds. The first-order valence-electron chi connectivity index (χ1n) is 11.3. The first-order valence-corrected chi connectivity index (χ1v) is 11.3. The van der Waals surface area contributed by atoms with E-state index in [9.17, 15) is 15.0 Å². The largest absolute Gasteiger partial charge is 0.504 e. The zero-order valence-electron chi connectivity index (χ0n) is 18.7. The third-order valence-electron chi connectivity index (χ3n) is 6.71. The lowest BCUT2D eigenvalue weighted by Gasteiger charge is -2.53. The highest BCUT2D eigenvalue weighted by atomic mass is 16.5. The number of benzene rings is 1. The summed E-state index contributed by atoms with van der Waals surface area (Å²) in [7, 11) is 0. The van der Waals surface area contributed by atoms with Crippen LogP contribution in [0.2, 0.25) is 0 Å². The van der Waals surface area contributed by atoms with Gasteiger partial charge in [-0.3, -0.25) is 4.79 Å². The van der Waals surface area contributed by atoms with Crippen LogP contribution >= 0.6 is 0 Å². The van der Waals surface area contributed by atoms with E-state index in [1.807, 2.05) is 13.8 Å². The fourth-order valence-electron chi connectivity index (χ4n) is 4.78. The van der Waals surface area contributed by atoms with Crippen molar-refractivity contribution >= 4 is 5.78 Å². The molecule has 0 radical (unpaired) electrons. The number of ketones is 1. The van der Waals surface area contributed by atoms with Crippen molar-refractivity contribution in [2.45, 2.75) is 83.2 Å². The van der Waals surface area contributed by atoms with Crippen LogP contribution < -0.4 is 5.73 Å². The van der Waals surface area contributed by atoms with Gasteiger partial charge >= 0.3 is 0 Å². The molecule has 1 aromatic rings. The van der Waals surface area contributed by atoms with E-state index in [1.165, 1.54) is 18.9 Å². The van der Waals surface area contributed by atoms with Crippen molar-refractivity contribution in [1.82, 2.24) is 0 Å². The molecule has 2 aliphatic rings. The Bertz CT molecular complexity index is 718. The predicted molar refractivity (Wildman–Crippen MR) is 118 cm³/mol. The summed E-state index contributed by atoms with van der Waals surface area (Å²) in [5.74, 6) is 0.785. The Kier molecular flexibility index (Phi) is 8.71. The van der Waals surface area contributed by atoms with Gasteiger partial charge in [-0.05, 0) is 56.7 Å². The summed E-state index contributed by atoms with van der Waals surface area (Å²) in [5, 5.41) is 30.0. The lowest BCUT2D eigenvalue weighted by molar-refractivity contribution is -0.151. The summed E-state index contributed by atoms with van der Waals surface area (Å²) in [6, 6.07) is 3.20. The highest BCUT2D eigenvalue weighted by Crippen LogP contribution is 2.55. The van der Waals surface area contributed by atoms with Crippen LogP contribution in [0.25, 0.3) is 0 Å². The number of rotatable bonds is 8. The van der Waals surface area contributed by atoms with Crippen LogP contribution in [0.3, 0.4) is 0 Å². The number of phenolic OH excluding ortho intramolecular Hbond substituents is 2. The summed E-state index contributed by atoms with van der Waals surface area (Å²) < 4.78 is 6.32. The van der Waals surface area contributed by atoms with Crippen LogP contribution in [-0.4, -0.2) is 46.5 Å². The van der Waals surface area contributed by atoms with E-state index < -0.39 is 11.0 Å². The van der Waals surface area contributed by atoms with Crippen molar-refractivity contribution in [2.75, 3.05) is 19.8 Å². The van der Waals surface area contributed by atoms with Crippen LogP contribution in [0.15, 0.2) is 12.1 Å². The quantitative estimate of drug-likeness (QED) is 0.376. The molecule has 0 saturated heterocycles. The van der Waals surface area contributed by atoms with Crippen LogP contribution in [0, 0.1) is 12.8 Å². The minimum absolute atomic E-state index is 0.0268. The van der Waals surface area contributed by atoms with Gasteiger partial charge in [0.15, 0.2) is 11.5 Å². The molecule has 5 N–H and O–H groups in total. The van der Waals surface area contributed by atoms with Gasteiger partial charge in [0, 0.05) is 37.0 Å². The van der Waals surface area contributed by atoms with Crippen LogP contribution in [0.5, 0.6) is 11.5 Å². The lowest BCUT2D eigenvalue weighted by Crippen LogP contribution is -2.58. The number of carbonyl (C=O) groups is 1. The van der Waals surface area contributed by atoms with E-state index >= 15 is 0 Å². The maximum atomic E-state index is 12.5. The molecule has 0 spiro atoms. The van der Waals surface area contributed by atoms with Gasteiger partial charge in [0.1, 0.15) is 5.78 Å². The zero-order chi connectivity index (χ0) is 22.4. The number of phenols is 2. The highest BCUT2D eigenvalue weighted by molar-refractivity contribution is 5.82. The van der Waals surface area contributed by atoms with Crippen LogP contribution in [-0.2, 0) is 14.9 Å². The number of aliphatic hydroxyl groups is 1. The highest BCUT2D eigenvalue weighted by Gasteiger charge is 2.57. The normalized spacial score (nSPS) is 26.2. The molecule has 0 aliphatic heterocycles. The van der Waals surface area contributed by atoms with Gasteiger partial charge in [-0.15, -0.1) is 0 Å². The number of aryl methyl sites for hydroxylation is 1. The lowest BCUT2D eigenvalue weighted by atomic mass is 9.55. The van der Waals surface area contributed by atoms with Crippen molar-refractivity contribution in [3.05, 3.63) is 23.3 Å². The number of aromatic hydroxyl groups is 2. The molecular weight excluding hydrogens is 382 g/mol. The van der Waals surface area contributed by atoms with Crippen LogP contribution in [0.4, 0.5) is 0 Å². The topological polar surface area (TPSA) is 113 Å². The third-order valence-corrected chi connectivity index (χ3v) is 6.71. The molecule has 0 heterocycles. The molecule has 6 nitrogen and oxygen atoms in total. The molecule has 2 aliphatic carbocycles. The zero-order valence-corrected chi connectivity index (χ0v) is 18.7. The number of hydrogen-bond donors (Lipinski definition) is 4. The van der Waals surface area contributed by atoms with Gasteiger partial charge in [-0.25, -0.2) is 0 Å². The van der Waals surface area contributed by atoms with E-state index in [0.717, 1.165) is 11.5 Å². The fourth-order valence-corrected chi connectivity index (χ4v) is 4.78. The predicted octanol–water partition coefficient (Wildman–Crippen LogP) is 3.71. The summed E-state index contributed by atoms with van der Waals surface area (Å²) in [4.78, 5) is 12.5. The minimum atomic E-state index is -0.811. The van der Waals surface area contributed by atoms with Gasteiger partial charge in [0.2, 0.25) is 0 Å². The average molecular weight is 422 g/mol. The van der Waals surface area contributed by atoms with E-state index in [2.05, 4.69) is 6.92 Å². The molecule has 1 aromatic carbocycles. The molecule has 2 atom stereocenters. The van der Waals surface area contributed by atoms with E-state index in [4.69, 9.17) is 15.6 Å². The van der Waals surface area contributed by atoms with E-state index in [0.29, 0.717) is 50.8 Å². The fraction of sp³-hybridized carbons (Fsp3) is 0.708. The van der Waals surface area contributed by atoms with Crippen molar-refractivity contribution < 1.29 is 24.9 Å². The van der Waals surface area contributed by atoms with Gasteiger partial charge < -0.3 is 25.8 Å². The second-order valence-corrected chi connectivity index (χ2v) is 8.92. The Morgan fingerprint density at radius 1 is 1.27 bits per heavy atom. The smallest absolute Gasteiger partial charge is 0.161 e. The summed E-state index contributed by atoms with van der Waals surface area (Å²) in [6.07, 6.45) is 5.73. The number of nitrogens with two attached hydrogens (primary N) is 1. The van der Waals surface area contributed by atoms with Gasteiger partial charge in [0.05, 0.1) is 5.60 Å². The number of aliphatic hydroxyl groups excluding tert-OH is 1. The second kappa shape index (κ2) is 10.6. The van der Waals surface area contributed by atoms with E-state index in [-0.39, 0.29) is 30.3 Å². The molecule has 6 heteroatoms. The maximum Gasteiger partial charge on any atom is 0.161 e. The van der Waals surface area contributed by atoms with Crippen molar-refractivity contribution in [1.29, 1.82) is 0 Å². The number of carbonyl (C=O) groups excluding carboxylic acids is 1. The Labute approximate surface area is 180 Å². The summed E-state index contributed by atoms with van der Waals surface area (Å²) in [6.45, 7) is 6.87. The van der Waals surface area contributed by atoms with Gasteiger partial charge in [0.25, 0.3) is 0 Å². The van der Waals surface area contributed by atoms with E-state index in [1.54, 1.807) is 6.07 Å². The maximum absolute atomic E-state index is 12.5. The Balaban J connectivity index is 0.000000713. The first-order chi connectivity index (χ1) is 14.3. The monoisotopic (exact) mass is 421 g/mol. The Hall–Kier alpha value is -1.63. The molecular formula is C24H39NO5. The summed E-state index contributed by atoms with van der Waals surface area (Å²) in [5.41, 5.74) is 5.80. The molecule has 170 valence electrons. The molecule has 0 bridgehead atoms. The van der Waals surface area contributed by atoms with Crippen molar-refractivity contribution in [2.24, 2.45) is 11.7 Å². The molecule has 2 saturated carbocycles. The van der Waals surface area contributed by atoms with Gasteiger partial charge in [-0.1, -0.05) is 32.8 Å². The number of hydrogen-bond acceptors (Lipinski definition) is 6. The standard InChI is InChI=1S/C20H31NO5.C4H8/c1-3-20(26-12-4-11-22)8-7-15(23)13-19(20,9-10-21)17-14(2)5-6-16(24)18(17)25;1-4-2-3-4/h5-6,22,24-25H,3-4,7-13,21H2,1-2H3;4H,2-3H2,1H3/t19-,20?;/m1./s1. The molecule has 0 aromatic heterocycles. The Morgan fingerprint density at radius 2 is 1.93 bits per heavy atom. The minimum Gasteiger partial charge on any atom is -0.504 e. The number of Topliss-reactive ketones (excluding diaryl/α,β-unsaturated/α-hetero) is 1. The van der Waals surface area contributed by atoms with Crippen molar-refractivity contribution in [3.8, 4) is 11.5 Å². The van der Waals surface area contributed by atoms with Crippen LogP contribution in [0.1, 0.15) is 76.3 Å². The number of ether oxygens (including phenoxy) is 1. The molecule has 30 heavy (non-hydrogen) atoms.